The number of carboxylic acids is 1. The van der Waals surface area contributed by atoms with Gasteiger partial charge in [-0.2, -0.15) is 0 Å². The second kappa shape index (κ2) is 25.4. The topological polar surface area (TPSA) is 169 Å². The van der Waals surface area contributed by atoms with Crippen molar-refractivity contribution in [3.8, 4) is 0 Å². The van der Waals surface area contributed by atoms with E-state index in [-0.39, 0.29) is 26.1 Å². The molecule has 6 atom stereocenters. The largest absolute Gasteiger partial charge is 0.479 e. The first-order valence-electron chi connectivity index (χ1n) is 17.1. The maximum Gasteiger partial charge on any atom is 0.335 e. The monoisotopic (exact) mass is 632 g/mol. The van der Waals surface area contributed by atoms with Gasteiger partial charge < -0.3 is 39.4 Å². The molecule has 0 spiro atoms. The van der Waals surface area contributed by atoms with Gasteiger partial charge in [0.1, 0.15) is 24.9 Å². The number of carbonyl (C=O) groups is 3. The van der Waals surface area contributed by atoms with E-state index in [4.69, 9.17) is 18.9 Å². The van der Waals surface area contributed by atoms with Crippen LogP contribution in [0.5, 0.6) is 0 Å². The molecule has 0 aromatic rings. The van der Waals surface area contributed by atoms with Crippen LogP contribution < -0.4 is 0 Å². The fourth-order valence-electron chi connectivity index (χ4n) is 5.17. The van der Waals surface area contributed by atoms with Crippen LogP contribution in [0, 0.1) is 0 Å². The minimum absolute atomic E-state index is 0.188. The standard InChI is InChI=1S/C33H60O11/c1-3-5-7-9-11-13-15-17-19-21-26(34)41-23-25(43-27(35)22-20-18-16-14-12-10-8-6-4-2)24-42-33-30(38)28(36)29(37)31(44-33)32(39)40/h25,28-31,33,36-38H,3-24H2,1-2H3,(H,39,40). The Bertz CT molecular complexity index is 762. The smallest absolute Gasteiger partial charge is 0.335 e. The minimum atomic E-state index is -1.85. The Morgan fingerprint density at radius 2 is 1.07 bits per heavy atom. The summed E-state index contributed by atoms with van der Waals surface area (Å²) in [4.78, 5) is 36.3. The molecule has 1 aliphatic heterocycles. The molecule has 0 radical (unpaired) electrons. The van der Waals surface area contributed by atoms with Crippen LogP contribution in [-0.4, -0.2) is 88.4 Å². The van der Waals surface area contributed by atoms with Crippen molar-refractivity contribution < 1.29 is 53.8 Å². The Morgan fingerprint density at radius 3 is 1.55 bits per heavy atom. The molecule has 6 unspecified atom stereocenters. The maximum absolute atomic E-state index is 12.6. The van der Waals surface area contributed by atoms with E-state index in [1.165, 1.54) is 64.2 Å². The summed E-state index contributed by atoms with van der Waals surface area (Å²) in [6.45, 7) is 3.72. The number of aliphatic hydroxyl groups excluding tert-OH is 3. The van der Waals surface area contributed by atoms with Gasteiger partial charge in [-0.15, -0.1) is 0 Å². The molecule has 0 saturated carbocycles. The van der Waals surface area contributed by atoms with Crippen molar-refractivity contribution >= 4 is 17.9 Å². The van der Waals surface area contributed by atoms with E-state index in [0.717, 1.165) is 38.5 Å². The number of ether oxygens (including phenoxy) is 4. The molecule has 11 nitrogen and oxygen atoms in total. The SMILES string of the molecule is CCCCCCCCCCCC(=O)OCC(COC1OC(C(=O)O)C(O)C(O)C1O)OC(=O)CCCCCCCCCCC. The molecule has 0 aliphatic carbocycles. The molecule has 0 aromatic heterocycles. The van der Waals surface area contributed by atoms with Gasteiger partial charge in [0.05, 0.1) is 6.61 Å². The third-order valence-corrected chi connectivity index (χ3v) is 7.96. The van der Waals surface area contributed by atoms with Crippen LogP contribution >= 0.6 is 0 Å². The molecule has 258 valence electrons. The van der Waals surface area contributed by atoms with Crippen LogP contribution in [0.4, 0.5) is 0 Å². The van der Waals surface area contributed by atoms with Gasteiger partial charge >= 0.3 is 17.9 Å². The predicted molar refractivity (Wildman–Crippen MR) is 165 cm³/mol. The number of esters is 2. The number of aliphatic hydroxyl groups is 3. The molecule has 0 amide bonds. The molecular weight excluding hydrogens is 572 g/mol. The number of rotatable bonds is 27. The Balaban J connectivity index is 2.51. The molecule has 0 aromatic carbocycles. The van der Waals surface area contributed by atoms with E-state index in [2.05, 4.69) is 13.8 Å². The molecule has 0 bridgehead atoms. The van der Waals surface area contributed by atoms with Crippen molar-refractivity contribution in [2.24, 2.45) is 0 Å². The first kappa shape index (κ1) is 40.2. The zero-order valence-electron chi connectivity index (χ0n) is 27.2. The number of hydrogen-bond acceptors (Lipinski definition) is 10. The molecule has 1 rings (SSSR count). The Hall–Kier alpha value is -1.79. The highest BCUT2D eigenvalue weighted by atomic mass is 16.7. The van der Waals surface area contributed by atoms with Gasteiger partial charge in [-0.1, -0.05) is 117 Å². The van der Waals surface area contributed by atoms with Crippen LogP contribution in [0.2, 0.25) is 0 Å². The van der Waals surface area contributed by atoms with Crippen molar-refractivity contribution in [2.45, 2.75) is 179 Å². The molecule has 1 aliphatic rings. The van der Waals surface area contributed by atoms with Crippen LogP contribution in [0.3, 0.4) is 0 Å². The number of aliphatic carboxylic acids is 1. The van der Waals surface area contributed by atoms with Crippen LogP contribution in [-0.2, 0) is 33.3 Å². The Kier molecular flexibility index (Phi) is 23.2. The van der Waals surface area contributed by atoms with Gasteiger partial charge in [-0.3, -0.25) is 9.59 Å². The molecule has 1 heterocycles. The van der Waals surface area contributed by atoms with E-state index in [1.807, 2.05) is 0 Å². The second-order valence-corrected chi connectivity index (χ2v) is 12.0. The lowest BCUT2D eigenvalue weighted by atomic mass is 9.99. The average molecular weight is 633 g/mol. The molecule has 11 heteroatoms. The number of hydrogen-bond donors (Lipinski definition) is 4. The molecule has 1 fully saturated rings. The first-order valence-corrected chi connectivity index (χ1v) is 17.1. The molecule has 4 N–H and O–H groups in total. The quantitative estimate of drug-likeness (QED) is 0.0694. The van der Waals surface area contributed by atoms with Crippen molar-refractivity contribution in [3.05, 3.63) is 0 Å². The fraction of sp³-hybridized carbons (Fsp3) is 0.909. The van der Waals surface area contributed by atoms with E-state index >= 15 is 0 Å². The number of carboxylic acid groups (broad SMARTS) is 1. The van der Waals surface area contributed by atoms with Crippen molar-refractivity contribution in [1.82, 2.24) is 0 Å². The summed E-state index contributed by atoms with van der Waals surface area (Å²) in [5.41, 5.74) is 0. The lowest BCUT2D eigenvalue weighted by molar-refractivity contribution is -0.298. The number of unbranched alkanes of at least 4 members (excludes halogenated alkanes) is 16. The Morgan fingerprint density at radius 1 is 0.614 bits per heavy atom. The highest BCUT2D eigenvalue weighted by molar-refractivity contribution is 5.73. The number of carbonyl (C=O) groups excluding carboxylic acids is 2. The summed E-state index contributed by atoms with van der Waals surface area (Å²) in [7, 11) is 0. The van der Waals surface area contributed by atoms with E-state index in [0.29, 0.717) is 12.8 Å². The summed E-state index contributed by atoms with van der Waals surface area (Å²) in [6.07, 6.45) is 10.5. The van der Waals surface area contributed by atoms with Gasteiger partial charge in [0.2, 0.25) is 0 Å². The zero-order valence-corrected chi connectivity index (χ0v) is 27.2. The maximum atomic E-state index is 12.6. The molecule has 44 heavy (non-hydrogen) atoms. The summed E-state index contributed by atoms with van der Waals surface area (Å²) < 4.78 is 21.5. The summed E-state index contributed by atoms with van der Waals surface area (Å²) >= 11 is 0. The van der Waals surface area contributed by atoms with Crippen molar-refractivity contribution in [3.63, 3.8) is 0 Å². The fourth-order valence-corrected chi connectivity index (χ4v) is 5.17. The minimum Gasteiger partial charge on any atom is -0.479 e. The lowest BCUT2D eigenvalue weighted by Gasteiger charge is -2.38. The van der Waals surface area contributed by atoms with Crippen molar-refractivity contribution in [1.29, 1.82) is 0 Å². The Labute approximate surface area is 264 Å². The average Bonchev–Trinajstić information content (AvgIpc) is 3.00. The third-order valence-electron chi connectivity index (χ3n) is 7.96. The van der Waals surface area contributed by atoms with Gasteiger partial charge in [-0.05, 0) is 12.8 Å². The van der Waals surface area contributed by atoms with Crippen LogP contribution in [0.1, 0.15) is 142 Å². The summed E-state index contributed by atoms with van der Waals surface area (Å²) in [5, 5.41) is 39.4. The summed E-state index contributed by atoms with van der Waals surface area (Å²) in [5.74, 6) is -2.45. The predicted octanol–water partition coefficient (Wildman–Crippen LogP) is 5.19. The van der Waals surface area contributed by atoms with Crippen molar-refractivity contribution in [2.75, 3.05) is 13.2 Å². The van der Waals surface area contributed by atoms with Crippen LogP contribution in [0.25, 0.3) is 0 Å². The van der Waals surface area contributed by atoms with E-state index in [1.54, 1.807) is 0 Å². The highest BCUT2D eigenvalue weighted by Gasteiger charge is 2.47. The molecule has 1 saturated heterocycles. The first-order chi connectivity index (χ1) is 21.2. The third kappa shape index (κ3) is 18.2. The van der Waals surface area contributed by atoms with Crippen LogP contribution in [0.15, 0.2) is 0 Å². The van der Waals surface area contributed by atoms with E-state index in [9.17, 15) is 34.8 Å². The zero-order chi connectivity index (χ0) is 32.6. The molecular formula is C33H60O11. The lowest BCUT2D eigenvalue weighted by Crippen LogP contribution is -2.60. The van der Waals surface area contributed by atoms with E-state index < -0.39 is 54.7 Å². The highest BCUT2D eigenvalue weighted by Crippen LogP contribution is 2.23. The summed E-state index contributed by atoms with van der Waals surface area (Å²) in [6, 6.07) is 0. The van der Waals surface area contributed by atoms with Gasteiger partial charge in [0, 0.05) is 12.8 Å². The second-order valence-electron chi connectivity index (χ2n) is 12.0. The normalized spacial score (nSPS) is 22.4. The van der Waals surface area contributed by atoms with Gasteiger partial charge in [0.15, 0.2) is 18.5 Å². The van der Waals surface area contributed by atoms with Gasteiger partial charge in [-0.25, -0.2) is 4.79 Å². The van der Waals surface area contributed by atoms with Gasteiger partial charge in [0.25, 0.3) is 0 Å².